The minimum absolute atomic E-state index is 0.0492. The summed E-state index contributed by atoms with van der Waals surface area (Å²) in [5.74, 6) is 1.32. The van der Waals surface area contributed by atoms with E-state index in [4.69, 9.17) is 13.6 Å². The van der Waals surface area contributed by atoms with Crippen molar-refractivity contribution in [3.05, 3.63) is 88.4 Å². The Morgan fingerprint density at radius 2 is 1.88 bits per heavy atom. The van der Waals surface area contributed by atoms with Crippen LogP contribution in [0.5, 0.6) is 5.75 Å². The number of aliphatic hydroxyl groups is 1. The number of nitro groups is 1. The molecule has 0 unspecified atom stereocenters. The van der Waals surface area contributed by atoms with Gasteiger partial charge in [-0.3, -0.25) is 14.9 Å². The van der Waals surface area contributed by atoms with Gasteiger partial charge in [0.2, 0.25) is 0 Å². The Bertz CT molecular complexity index is 1290. The van der Waals surface area contributed by atoms with Gasteiger partial charge in [-0.25, -0.2) is 0 Å². The van der Waals surface area contributed by atoms with Crippen molar-refractivity contribution in [2.75, 3.05) is 12.4 Å². The standard InChI is InChI=1S/C23H18N2O7/c1-30-22-12-15(5-7-18(22)20-8-6-17(13-26)31-20)24-23(27)21-10-9-19(32-21)14-3-2-4-16(11-14)25(28)29/h2-12,26H,13H2,1H3,(H,24,27). The first-order chi connectivity index (χ1) is 15.5. The number of carbonyl (C=O) groups is 1. The van der Waals surface area contributed by atoms with E-state index in [0.29, 0.717) is 39.8 Å². The van der Waals surface area contributed by atoms with Crippen LogP contribution in [0.15, 0.2) is 75.6 Å². The normalized spacial score (nSPS) is 10.7. The van der Waals surface area contributed by atoms with Gasteiger partial charge < -0.3 is 24.0 Å². The minimum Gasteiger partial charge on any atom is -0.496 e. The van der Waals surface area contributed by atoms with E-state index in [0.717, 1.165) is 0 Å². The Balaban J connectivity index is 1.53. The number of non-ortho nitro benzene ring substituents is 1. The SMILES string of the molecule is COc1cc(NC(=O)c2ccc(-c3cccc([N+](=O)[O-])c3)o2)ccc1-c1ccc(CO)o1. The molecule has 2 heterocycles. The molecular weight excluding hydrogens is 416 g/mol. The van der Waals surface area contributed by atoms with Crippen LogP contribution in [0.25, 0.3) is 22.6 Å². The lowest BCUT2D eigenvalue weighted by atomic mass is 10.1. The quantitative estimate of drug-likeness (QED) is 0.314. The maximum absolute atomic E-state index is 12.6. The van der Waals surface area contributed by atoms with E-state index in [1.165, 1.54) is 25.3 Å². The Morgan fingerprint density at radius 3 is 2.59 bits per heavy atom. The van der Waals surface area contributed by atoms with Gasteiger partial charge in [0.25, 0.3) is 11.6 Å². The third-order valence-electron chi connectivity index (χ3n) is 4.71. The number of benzene rings is 2. The summed E-state index contributed by atoms with van der Waals surface area (Å²) in [7, 11) is 1.50. The number of amides is 1. The molecule has 9 heteroatoms. The van der Waals surface area contributed by atoms with Crippen LogP contribution in [0.1, 0.15) is 16.3 Å². The highest BCUT2D eigenvalue weighted by Gasteiger charge is 2.16. The van der Waals surface area contributed by atoms with Crippen molar-refractivity contribution in [1.29, 1.82) is 0 Å². The second-order valence-corrected chi connectivity index (χ2v) is 6.76. The van der Waals surface area contributed by atoms with Crippen molar-refractivity contribution < 1.29 is 28.4 Å². The summed E-state index contributed by atoms with van der Waals surface area (Å²) in [4.78, 5) is 23.1. The molecule has 4 aromatic rings. The van der Waals surface area contributed by atoms with E-state index < -0.39 is 10.8 Å². The Labute approximate surface area is 182 Å². The van der Waals surface area contributed by atoms with E-state index in [1.54, 1.807) is 48.5 Å². The lowest BCUT2D eigenvalue weighted by Crippen LogP contribution is -2.10. The van der Waals surface area contributed by atoms with Crippen LogP contribution in [-0.2, 0) is 6.61 Å². The first kappa shape index (κ1) is 20.9. The summed E-state index contributed by atoms with van der Waals surface area (Å²) in [6.07, 6.45) is 0. The number of hydrogen-bond donors (Lipinski definition) is 2. The average molecular weight is 434 g/mol. The number of carbonyl (C=O) groups excluding carboxylic acids is 1. The van der Waals surface area contributed by atoms with E-state index in [-0.39, 0.29) is 18.1 Å². The molecular formula is C23H18N2O7. The third kappa shape index (κ3) is 4.23. The van der Waals surface area contributed by atoms with Crippen molar-refractivity contribution in [1.82, 2.24) is 0 Å². The number of methoxy groups -OCH3 is 1. The maximum atomic E-state index is 12.6. The summed E-state index contributed by atoms with van der Waals surface area (Å²) >= 11 is 0. The summed E-state index contributed by atoms with van der Waals surface area (Å²) in [5.41, 5.74) is 1.55. The smallest absolute Gasteiger partial charge is 0.291 e. The van der Waals surface area contributed by atoms with Crippen LogP contribution in [0.4, 0.5) is 11.4 Å². The van der Waals surface area contributed by atoms with Gasteiger partial charge in [0.05, 0.1) is 17.6 Å². The molecule has 4 rings (SSSR count). The fourth-order valence-electron chi connectivity index (χ4n) is 3.16. The number of nitrogens with zero attached hydrogens (tertiary/aromatic N) is 1. The van der Waals surface area contributed by atoms with Gasteiger partial charge >= 0.3 is 0 Å². The first-order valence-corrected chi connectivity index (χ1v) is 9.52. The Morgan fingerprint density at radius 1 is 1.06 bits per heavy atom. The van der Waals surface area contributed by atoms with Crippen molar-refractivity contribution in [3.8, 4) is 28.4 Å². The molecule has 2 aromatic carbocycles. The van der Waals surface area contributed by atoms with Gasteiger partial charge in [0.15, 0.2) is 5.76 Å². The number of furan rings is 2. The molecule has 2 N–H and O–H groups in total. The molecule has 0 radical (unpaired) electrons. The molecule has 0 spiro atoms. The summed E-state index contributed by atoms with van der Waals surface area (Å²) < 4.78 is 16.6. The zero-order valence-corrected chi connectivity index (χ0v) is 16.9. The lowest BCUT2D eigenvalue weighted by Gasteiger charge is -2.10. The molecule has 32 heavy (non-hydrogen) atoms. The van der Waals surface area contributed by atoms with Crippen molar-refractivity contribution in [2.24, 2.45) is 0 Å². The van der Waals surface area contributed by atoms with E-state index in [2.05, 4.69) is 5.32 Å². The van der Waals surface area contributed by atoms with Gasteiger partial charge in [-0.2, -0.15) is 0 Å². The van der Waals surface area contributed by atoms with E-state index in [9.17, 15) is 20.0 Å². The number of nitro benzene ring substituents is 1. The van der Waals surface area contributed by atoms with E-state index in [1.807, 2.05) is 0 Å². The van der Waals surface area contributed by atoms with Gasteiger partial charge in [-0.05, 0) is 36.4 Å². The van der Waals surface area contributed by atoms with Gasteiger partial charge in [-0.1, -0.05) is 12.1 Å². The highest BCUT2D eigenvalue weighted by molar-refractivity contribution is 6.02. The molecule has 0 aliphatic heterocycles. The number of anilines is 1. The first-order valence-electron chi connectivity index (χ1n) is 9.52. The fourth-order valence-corrected chi connectivity index (χ4v) is 3.16. The molecule has 0 fully saturated rings. The predicted octanol–water partition coefficient (Wildman–Crippen LogP) is 4.87. The Kier molecular flexibility index (Phi) is 5.73. The van der Waals surface area contributed by atoms with E-state index >= 15 is 0 Å². The molecule has 0 aliphatic carbocycles. The topological polar surface area (TPSA) is 128 Å². The fraction of sp³-hybridized carbons (Fsp3) is 0.0870. The molecule has 1 amide bonds. The second kappa shape index (κ2) is 8.78. The highest BCUT2D eigenvalue weighted by Crippen LogP contribution is 2.34. The molecule has 0 saturated heterocycles. The minimum atomic E-state index is -0.496. The second-order valence-electron chi connectivity index (χ2n) is 6.76. The molecule has 0 atom stereocenters. The number of ether oxygens (including phenoxy) is 1. The van der Waals surface area contributed by atoms with Gasteiger partial charge in [0, 0.05) is 29.4 Å². The van der Waals surface area contributed by atoms with Crippen LogP contribution >= 0.6 is 0 Å². The summed E-state index contributed by atoms with van der Waals surface area (Å²) in [5, 5.41) is 22.9. The van der Waals surface area contributed by atoms with Gasteiger partial charge in [0.1, 0.15) is 29.6 Å². The molecule has 0 aliphatic rings. The van der Waals surface area contributed by atoms with Crippen molar-refractivity contribution >= 4 is 17.3 Å². The molecule has 9 nitrogen and oxygen atoms in total. The monoisotopic (exact) mass is 434 g/mol. The summed E-state index contributed by atoms with van der Waals surface area (Å²) in [6, 6.07) is 17.5. The number of rotatable bonds is 7. The molecule has 0 saturated carbocycles. The van der Waals surface area contributed by atoms with Crippen LogP contribution in [0.2, 0.25) is 0 Å². The molecule has 162 valence electrons. The maximum Gasteiger partial charge on any atom is 0.291 e. The van der Waals surface area contributed by atoms with Gasteiger partial charge in [-0.15, -0.1) is 0 Å². The zero-order valence-electron chi connectivity index (χ0n) is 16.9. The third-order valence-corrected chi connectivity index (χ3v) is 4.71. The largest absolute Gasteiger partial charge is 0.496 e. The van der Waals surface area contributed by atoms with Crippen LogP contribution in [0, 0.1) is 10.1 Å². The molecule has 0 bridgehead atoms. The predicted molar refractivity (Wildman–Crippen MR) is 115 cm³/mol. The number of nitrogens with one attached hydrogen (secondary N) is 1. The number of hydrogen-bond acceptors (Lipinski definition) is 7. The van der Waals surface area contributed by atoms with Crippen LogP contribution < -0.4 is 10.1 Å². The Hall–Kier alpha value is -4.37. The molecule has 2 aromatic heterocycles. The van der Waals surface area contributed by atoms with Crippen LogP contribution in [0.3, 0.4) is 0 Å². The highest BCUT2D eigenvalue weighted by atomic mass is 16.6. The van der Waals surface area contributed by atoms with Crippen molar-refractivity contribution in [2.45, 2.75) is 6.61 Å². The lowest BCUT2D eigenvalue weighted by molar-refractivity contribution is -0.384. The van der Waals surface area contributed by atoms with Crippen LogP contribution in [-0.4, -0.2) is 23.0 Å². The average Bonchev–Trinajstić information content (AvgIpc) is 3.49. The summed E-state index contributed by atoms with van der Waals surface area (Å²) in [6.45, 7) is -0.210. The van der Waals surface area contributed by atoms with Crippen molar-refractivity contribution in [3.63, 3.8) is 0 Å². The zero-order chi connectivity index (χ0) is 22.7. The number of aliphatic hydroxyl groups excluding tert-OH is 1.